The molecular formula is C24H25N3O5S. The molecule has 0 aliphatic carbocycles. The van der Waals surface area contributed by atoms with Gasteiger partial charge in [-0.1, -0.05) is 24.3 Å². The molecule has 3 aromatic rings. The lowest BCUT2D eigenvalue weighted by Gasteiger charge is -2.30. The van der Waals surface area contributed by atoms with Crippen molar-refractivity contribution in [1.82, 2.24) is 9.45 Å². The Morgan fingerprint density at radius 3 is 2.52 bits per heavy atom. The summed E-state index contributed by atoms with van der Waals surface area (Å²) in [7, 11) is -3.79. The first-order chi connectivity index (χ1) is 15.9. The molecule has 172 valence electrons. The standard InChI is InChI=1S/C24H25N3O5S/c1-18-22(3-2-4-23(18)26-13-15-32-16-14-26)20-6-8-21(9-7-20)33(30,31)27-12-11-19(17-27)5-10-24(28)25-29/h2-12,17,29H,13-16H2,1H3,(H,25,28). The Morgan fingerprint density at radius 1 is 1.09 bits per heavy atom. The summed E-state index contributed by atoms with van der Waals surface area (Å²) in [5.74, 6) is -0.700. The van der Waals surface area contributed by atoms with E-state index in [1.807, 2.05) is 24.3 Å². The summed E-state index contributed by atoms with van der Waals surface area (Å²) >= 11 is 0. The highest BCUT2D eigenvalue weighted by atomic mass is 32.2. The van der Waals surface area contributed by atoms with E-state index < -0.39 is 15.9 Å². The second-order valence-corrected chi connectivity index (χ2v) is 9.51. The predicted octanol–water partition coefficient (Wildman–Crippen LogP) is 3.06. The molecule has 1 saturated heterocycles. The van der Waals surface area contributed by atoms with Crippen LogP contribution in [0.2, 0.25) is 0 Å². The van der Waals surface area contributed by atoms with Gasteiger partial charge < -0.3 is 9.64 Å². The van der Waals surface area contributed by atoms with E-state index in [2.05, 4.69) is 17.9 Å². The number of benzene rings is 2. The molecule has 0 bridgehead atoms. The van der Waals surface area contributed by atoms with Crippen LogP contribution < -0.4 is 10.4 Å². The summed E-state index contributed by atoms with van der Waals surface area (Å²) in [6.45, 7) is 5.20. The van der Waals surface area contributed by atoms with Gasteiger partial charge in [0.25, 0.3) is 15.9 Å². The number of anilines is 1. The zero-order chi connectivity index (χ0) is 23.4. The molecule has 0 unspecified atom stereocenters. The lowest BCUT2D eigenvalue weighted by atomic mass is 9.98. The number of nitrogens with zero attached hydrogens (tertiary/aromatic N) is 2. The highest BCUT2D eigenvalue weighted by Gasteiger charge is 2.18. The molecule has 2 N–H and O–H groups in total. The van der Waals surface area contributed by atoms with Gasteiger partial charge >= 0.3 is 0 Å². The average Bonchev–Trinajstić information content (AvgIpc) is 3.33. The second kappa shape index (κ2) is 9.62. The first kappa shape index (κ1) is 22.8. The molecule has 2 aromatic carbocycles. The highest BCUT2D eigenvalue weighted by Crippen LogP contribution is 2.32. The largest absolute Gasteiger partial charge is 0.378 e. The van der Waals surface area contributed by atoms with Crippen molar-refractivity contribution in [1.29, 1.82) is 0 Å². The number of ether oxygens (including phenoxy) is 1. The van der Waals surface area contributed by atoms with Crippen LogP contribution in [0, 0.1) is 6.92 Å². The van der Waals surface area contributed by atoms with Gasteiger partial charge in [-0.25, -0.2) is 17.9 Å². The molecule has 0 saturated carbocycles. The molecule has 33 heavy (non-hydrogen) atoms. The number of nitrogens with one attached hydrogen (secondary N) is 1. The van der Waals surface area contributed by atoms with Gasteiger partial charge in [0.1, 0.15) is 0 Å². The molecule has 1 aromatic heterocycles. The zero-order valence-corrected chi connectivity index (χ0v) is 19.0. The van der Waals surface area contributed by atoms with E-state index in [4.69, 9.17) is 9.94 Å². The number of hydrogen-bond acceptors (Lipinski definition) is 6. The summed E-state index contributed by atoms with van der Waals surface area (Å²) < 4.78 is 32.6. The minimum Gasteiger partial charge on any atom is -0.378 e. The van der Waals surface area contributed by atoms with Gasteiger partial charge in [0.2, 0.25) is 0 Å². The van der Waals surface area contributed by atoms with Crippen LogP contribution in [0.5, 0.6) is 0 Å². The second-order valence-electron chi connectivity index (χ2n) is 7.66. The van der Waals surface area contributed by atoms with E-state index in [0.29, 0.717) is 18.8 Å². The summed E-state index contributed by atoms with van der Waals surface area (Å²) in [6.07, 6.45) is 5.33. The lowest BCUT2D eigenvalue weighted by molar-refractivity contribution is -0.124. The maximum atomic E-state index is 13.0. The number of rotatable bonds is 6. The minimum absolute atomic E-state index is 0.160. The third-order valence-electron chi connectivity index (χ3n) is 5.63. The molecular weight excluding hydrogens is 442 g/mol. The van der Waals surface area contributed by atoms with Gasteiger partial charge in [0.15, 0.2) is 0 Å². The van der Waals surface area contributed by atoms with Crippen LogP contribution in [0.1, 0.15) is 11.1 Å². The van der Waals surface area contributed by atoms with Crippen molar-refractivity contribution in [3.63, 3.8) is 0 Å². The van der Waals surface area contributed by atoms with Crippen molar-refractivity contribution in [2.45, 2.75) is 11.8 Å². The van der Waals surface area contributed by atoms with E-state index in [9.17, 15) is 13.2 Å². The molecule has 8 nitrogen and oxygen atoms in total. The van der Waals surface area contributed by atoms with Crippen LogP contribution in [-0.2, 0) is 19.6 Å². The van der Waals surface area contributed by atoms with E-state index in [0.717, 1.165) is 45.5 Å². The molecule has 0 atom stereocenters. The molecule has 1 aliphatic rings. The Bertz CT molecular complexity index is 1270. The van der Waals surface area contributed by atoms with Crippen molar-refractivity contribution >= 4 is 27.7 Å². The molecule has 4 rings (SSSR count). The van der Waals surface area contributed by atoms with Crippen molar-refractivity contribution in [3.8, 4) is 11.1 Å². The van der Waals surface area contributed by atoms with E-state index in [1.54, 1.807) is 18.2 Å². The molecule has 1 amide bonds. The van der Waals surface area contributed by atoms with Crippen LogP contribution in [0.25, 0.3) is 17.2 Å². The van der Waals surface area contributed by atoms with Gasteiger partial charge in [-0.3, -0.25) is 10.0 Å². The van der Waals surface area contributed by atoms with Crippen molar-refractivity contribution in [2.24, 2.45) is 0 Å². The quantitative estimate of drug-likeness (QED) is 0.328. The Hall–Kier alpha value is -3.40. The summed E-state index contributed by atoms with van der Waals surface area (Å²) in [5.41, 5.74) is 6.29. The van der Waals surface area contributed by atoms with Gasteiger partial charge in [-0.05, 0) is 59.5 Å². The Labute approximate surface area is 192 Å². The average molecular weight is 468 g/mol. The SMILES string of the molecule is Cc1c(-c2ccc(S(=O)(=O)n3ccc(C=CC(=O)NO)c3)cc2)cccc1N1CCOCC1. The van der Waals surface area contributed by atoms with Crippen LogP contribution in [-0.4, -0.2) is 49.8 Å². The fourth-order valence-corrected chi connectivity index (χ4v) is 5.07. The van der Waals surface area contributed by atoms with Crippen molar-refractivity contribution in [3.05, 3.63) is 78.1 Å². The number of amides is 1. The number of morpholine rings is 1. The number of aromatic nitrogens is 1. The number of carbonyl (C=O) groups excluding carboxylic acids is 1. The van der Waals surface area contributed by atoms with Crippen molar-refractivity contribution in [2.75, 3.05) is 31.2 Å². The Balaban J connectivity index is 1.58. The molecule has 0 radical (unpaired) electrons. The molecule has 1 aliphatic heterocycles. The highest BCUT2D eigenvalue weighted by molar-refractivity contribution is 7.90. The molecule has 9 heteroatoms. The fraction of sp³-hybridized carbons (Fsp3) is 0.208. The minimum atomic E-state index is -3.79. The van der Waals surface area contributed by atoms with Crippen LogP contribution >= 0.6 is 0 Å². The normalized spacial score (nSPS) is 14.5. The lowest BCUT2D eigenvalue weighted by Crippen LogP contribution is -2.36. The van der Waals surface area contributed by atoms with Gasteiger partial charge in [0.05, 0.1) is 18.1 Å². The number of hydrogen-bond donors (Lipinski definition) is 2. The number of hydroxylamine groups is 1. The van der Waals surface area contributed by atoms with E-state index >= 15 is 0 Å². The molecule has 1 fully saturated rings. The first-order valence-electron chi connectivity index (χ1n) is 10.5. The third kappa shape index (κ3) is 4.85. The van der Waals surface area contributed by atoms with Gasteiger partial charge in [-0.15, -0.1) is 0 Å². The van der Waals surface area contributed by atoms with Crippen LogP contribution in [0.4, 0.5) is 5.69 Å². The van der Waals surface area contributed by atoms with E-state index in [1.165, 1.54) is 23.9 Å². The topological polar surface area (TPSA) is 101 Å². The van der Waals surface area contributed by atoms with Gasteiger partial charge in [-0.2, -0.15) is 0 Å². The van der Waals surface area contributed by atoms with Gasteiger partial charge in [0, 0.05) is 37.2 Å². The van der Waals surface area contributed by atoms with Crippen LogP contribution in [0.3, 0.4) is 0 Å². The monoisotopic (exact) mass is 467 g/mol. The summed E-state index contributed by atoms with van der Waals surface area (Å²) in [5, 5.41) is 8.54. The third-order valence-corrected chi connectivity index (χ3v) is 7.28. The number of carbonyl (C=O) groups is 1. The van der Waals surface area contributed by atoms with Crippen LogP contribution in [0.15, 0.2) is 71.9 Å². The Morgan fingerprint density at radius 2 is 1.82 bits per heavy atom. The predicted molar refractivity (Wildman–Crippen MR) is 126 cm³/mol. The maximum absolute atomic E-state index is 13.0. The van der Waals surface area contributed by atoms with Crippen molar-refractivity contribution < 1.29 is 23.2 Å². The molecule has 2 heterocycles. The Kier molecular flexibility index (Phi) is 6.64. The summed E-state index contributed by atoms with van der Waals surface area (Å²) in [4.78, 5) is 13.6. The van der Waals surface area contributed by atoms with E-state index in [-0.39, 0.29) is 4.90 Å². The summed E-state index contributed by atoms with van der Waals surface area (Å²) in [6, 6.07) is 14.5. The smallest absolute Gasteiger partial charge is 0.267 e. The molecule has 0 spiro atoms. The maximum Gasteiger partial charge on any atom is 0.267 e. The zero-order valence-electron chi connectivity index (χ0n) is 18.1. The fourth-order valence-electron chi connectivity index (χ4n) is 3.86. The first-order valence-corrected chi connectivity index (χ1v) is 11.9.